The van der Waals surface area contributed by atoms with Gasteiger partial charge >= 0.3 is 0 Å². The van der Waals surface area contributed by atoms with Crippen LogP contribution >= 0.6 is 0 Å². The van der Waals surface area contributed by atoms with E-state index in [0.717, 1.165) is 12.8 Å². The molecule has 0 rings (SSSR count). The van der Waals surface area contributed by atoms with Crippen LogP contribution in [0.3, 0.4) is 0 Å². The second kappa shape index (κ2) is 10.8. The lowest BCUT2D eigenvalue weighted by Crippen LogP contribution is -2.40. The van der Waals surface area contributed by atoms with Crippen molar-refractivity contribution in [3.63, 3.8) is 0 Å². The van der Waals surface area contributed by atoms with Crippen molar-refractivity contribution >= 4 is 0 Å². The Bertz CT molecular complexity index is 178. The monoisotopic (exact) mass is 257 g/mol. The van der Waals surface area contributed by atoms with Crippen LogP contribution in [0.2, 0.25) is 0 Å². The van der Waals surface area contributed by atoms with Crippen LogP contribution in [0.15, 0.2) is 0 Å². The summed E-state index contributed by atoms with van der Waals surface area (Å²) in [5, 5.41) is 13.5. The topological polar surface area (TPSA) is 32.3 Å². The van der Waals surface area contributed by atoms with Gasteiger partial charge in [-0.05, 0) is 13.3 Å². The first-order valence-electron chi connectivity index (χ1n) is 7.93. The Morgan fingerprint density at radius 2 is 1.44 bits per heavy atom. The fourth-order valence-corrected chi connectivity index (χ4v) is 2.15. The number of aliphatic hydroxyl groups is 1. The van der Waals surface area contributed by atoms with Gasteiger partial charge in [0.2, 0.25) is 0 Å². The normalized spacial score (nSPS) is 15.0. The van der Waals surface area contributed by atoms with Crippen LogP contribution in [0.25, 0.3) is 0 Å². The van der Waals surface area contributed by atoms with Crippen LogP contribution in [0.1, 0.15) is 85.5 Å². The van der Waals surface area contributed by atoms with E-state index in [0.29, 0.717) is 12.6 Å². The molecule has 2 nitrogen and oxygen atoms in total. The van der Waals surface area contributed by atoms with Crippen molar-refractivity contribution in [3.05, 3.63) is 0 Å². The molecule has 0 aromatic carbocycles. The molecule has 18 heavy (non-hydrogen) atoms. The summed E-state index contributed by atoms with van der Waals surface area (Å²) in [6.07, 6.45) is 11.5. The third-order valence-corrected chi connectivity index (χ3v) is 3.46. The van der Waals surface area contributed by atoms with E-state index in [-0.39, 0.29) is 0 Å². The van der Waals surface area contributed by atoms with E-state index >= 15 is 0 Å². The van der Waals surface area contributed by atoms with Crippen molar-refractivity contribution in [2.75, 3.05) is 6.54 Å². The minimum Gasteiger partial charge on any atom is -0.389 e. The Morgan fingerprint density at radius 1 is 0.944 bits per heavy atom. The zero-order valence-corrected chi connectivity index (χ0v) is 13.1. The van der Waals surface area contributed by atoms with Gasteiger partial charge in [-0.1, -0.05) is 72.1 Å². The Morgan fingerprint density at radius 3 is 1.94 bits per heavy atom. The van der Waals surface area contributed by atoms with Gasteiger partial charge in [0.25, 0.3) is 0 Å². The molecule has 1 unspecified atom stereocenters. The first-order valence-corrected chi connectivity index (χ1v) is 7.93. The Kier molecular flexibility index (Phi) is 10.8. The summed E-state index contributed by atoms with van der Waals surface area (Å²) in [6.45, 7) is 9.15. The molecule has 0 aromatic rings. The number of nitrogens with one attached hydrogen (secondary N) is 1. The number of unbranched alkanes of at least 4 members (excludes halogenated alkanes) is 7. The molecule has 0 aliphatic carbocycles. The van der Waals surface area contributed by atoms with E-state index in [1.807, 2.05) is 6.92 Å². The van der Waals surface area contributed by atoms with Gasteiger partial charge in [-0.2, -0.15) is 0 Å². The number of hydrogen-bond donors (Lipinski definition) is 2. The molecule has 0 saturated carbocycles. The van der Waals surface area contributed by atoms with Gasteiger partial charge in [-0.25, -0.2) is 0 Å². The minimum atomic E-state index is -0.535. The minimum absolute atomic E-state index is 0.454. The summed E-state index contributed by atoms with van der Waals surface area (Å²) in [5.41, 5.74) is -0.535. The molecule has 2 heteroatoms. The fraction of sp³-hybridized carbons (Fsp3) is 1.00. The Labute approximate surface area is 115 Å². The SMILES string of the molecule is CCCCCCCCCCC(C)(O)CNC(C)C. The molecule has 0 aromatic heterocycles. The van der Waals surface area contributed by atoms with Gasteiger partial charge in [0.15, 0.2) is 0 Å². The molecule has 1 atom stereocenters. The van der Waals surface area contributed by atoms with Gasteiger partial charge < -0.3 is 10.4 Å². The molecule has 2 N–H and O–H groups in total. The van der Waals surface area contributed by atoms with Crippen LogP contribution < -0.4 is 5.32 Å². The summed E-state index contributed by atoms with van der Waals surface area (Å²) in [4.78, 5) is 0. The fourth-order valence-electron chi connectivity index (χ4n) is 2.15. The third-order valence-electron chi connectivity index (χ3n) is 3.46. The zero-order chi connectivity index (χ0) is 13.9. The molecule has 0 amide bonds. The highest BCUT2D eigenvalue weighted by Crippen LogP contribution is 2.16. The molecular formula is C16H35NO. The first-order chi connectivity index (χ1) is 8.48. The second-order valence-electron chi connectivity index (χ2n) is 6.26. The third kappa shape index (κ3) is 12.4. The molecule has 0 aliphatic rings. The van der Waals surface area contributed by atoms with Gasteiger partial charge in [-0.15, -0.1) is 0 Å². The highest BCUT2D eigenvalue weighted by Gasteiger charge is 2.19. The van der Waals surface area contributed by atoms with E-state index < -0.39 is 5.60 Å². The predicted molar refractivity (Wildman–Crippen MR) is 81.0 cm³/mol. The maximum atomic E-state index is 10.2. The van der Waals surface area contributed by atoms with Crippen molar-refractivity contribution in [1.82, 2.24) is 5.32 Å². The molecular weight excluding hydrogens is 222 g/mol. The van der Waals surface area contributed by atoms with Crippen LogP contribution in [0.5, 0.6) is 0 Å². The molecule has 0 fully saturated rings. The summed E-state index contributed by atoms with van der Waals surface area (Å²) in [6, 6.07) is 0.454. The van der Waals surface area contributed by atoms with Crippen molar-refractivity contribution in [2.45, 2.75) is 97.1 Å². The summed E-state index contributed by atoms with van der Waals surface area (Å²) in [7, 11) is 0. The number of hydrogen-bond acceptors (Lipinski definition) is 2. The standard InChI is InChI=1S/C16H35NO/c1-5-6-7-8-9-10-11-12-13-16(4,18)14-17-15(2)3/h15,17-18H,5-14H2,1-4H3. The van der Waals surface area contributed by atoms with Crippen molar-refractivity contribution in [1.29, 1.82) is 0 Å². The largest absolute Gasteiger partial charge is 0.389 e. The van der Waals surface area contributed by atoms with Gasteiger partial charge in [-0.3, -0.25) is 0 Å². The van der Waals surface area contributed by atoms with Crippen LogP contribution in [-0.4, -0.2) is 23.3 Å². The van der Waals surface area contributed by atoms with E-state index in [4.69, 9.17) is 0 Å². The Hall–Kier alpha value is -0.0800. The van der Waals surface area contributed by atoms with E-state index in [1.165, 1.54) is 44.9 Å². The maximum Gasteiger partial charge on any atom is 0.0743 e. The van der Waals surface area contributed by atoms with Crippen LogP contribution in [0, 0.1) is 0 Å². The highest BCUT2D eigenvalue weighted by atomic mass is 16.3. The van der Waals surface area contributed by atoms with Crippen LogP contribution in [0.4, 0.5) is 0 Å². The highest BCUT2D eigenvalue weighted by molar-refractivity contribution is 4.76. The smallest absolute Gasteiger partial charge is 0.0743 e. The van der Waals surface area contributed by atoms with Gasteiger partial charge in [0, 0.05) is 12.6 Å². The lowest BCUT2D eigenvalue weighted by molar-refractivity contribution is 0.0462. The van der Waals surface area contributed by atoms with E-state index in [1.54, 1.807) is 0 Å². The number of rotatable bonds is 12. The molecule has 0 saturated heterocycles. The predicted octanol–water partition coefficient (Wildman–Crippen LogP) is 4.27. The van der Waals surface area contributed by atoms with Gasteiger partial charge in [0.1, 0.15) is 0 Å². The lowest BCUT2D eigenvalue weighted by Gasteiger charge is -2.25. The van der Waals surface area contributed by atoms with Gasteiger partial charge in [0.05, 0.1) is 5.60 Å². The van der Waals surface area contributed by atoms with Crippen molar-refractivity contribution in [2.24, 2.45) is 0 Å². The lowest BCUT2D eigenvalue weighted by atomic mass is 9.97. The second-order valence-corrected chi connectivity index (χ2v) is 6.26. The molecule has 0 radical (unpaired) electrons. The summed E-state index contributed by atoms with van der Waals surface area (Å²) in [5.74, 6) is 0. The quantitative estimate of drug-likeness (QED) is 0.512. The summed E-state index contributed by atoms with van der Waals surface area (Å²) >= 11 is 0. The Balaban J connectivity index is 3.35. The molecule has 0 heterocycles. The van der Waals surface area contributed by atoms with E-state index in [2.05, 4.69) is 26.1 Å². The molecule has 0 aliphatic heterocycles. The van der Waals surface area contributed by atoms with E-state index in [9.17, 15) is 5.11 Å². The van der Waals surface area contributed by atoms with Crippen molar-refractivity contribution < 1.29 is 5.11 Å². The first kappa shape index (κ1) is 17.9. The summed E-state index contributed by atoms with van der Waals surface area (Å²) < 4.78 is 0. The van der Waals surface area contributed by atoms with Crippen molar-refractivity contribution in [3.8, 4) is 0 Å². The maximum absolute atomic E-state index is 10.2. The molecule has 110 valence electrons. The molecule has 0 spiro atoms. The van der Waals surface area contributed by atoms with Crippen LogP contribution in [-0.2, 0) is 0 Å². The average Bonchev–Trinajstić information content (AvgIpc) is 2.30. The average molecular weight is 257 g/mol. The molecule has 0 bridgehead atoms. The zero-order valence-electron chi connectivity index (χ0n) is 13.1.